The average molecular weight is 305 g/mol. The number of carbonyl (C=O) groups is 2. The number of amides is 1. The molecule has 1 aromatic heterocycles. The summed E-state index contributed by atoms with van der Waals surface area (Å²) in [6.45, 7) is 11.3. The smallest absolute Gasteiger partial charge is 0.243 e. The lowest BCUT2D eigenvalue weighted by Crippen LogP contribution is -2.19. The van der Waals surface area contributed by atoms with Gasteiger partial charge in [-0.3, -0.25) is 9.59 Å². The molecular formula is C17H23NO2S. The number of aryl methyl sites for hydroxylation is 1. The number of nitrogens with one attached hydrogen (secondary N) is 1. The zero-order chi connectivity index (χ0) is 15.8. The zero-order valence-corrected chi connectivity index (χ0v) is 13.6. The first-order valence-corrected chi connectivity index (χ1v) is 8.04. The second kappa shape index (κ2) is 8.57. The Kier molecular flexibility index (Phi) is 7.09. The van der Waals surface area contributed by atoms with E-state index in [1.807, 2.05) is 13.0 Å². The minimum atomic E-state index is -0.109. The van der Waals surface area contributed by atoms with E-state index in [1.165, 1.54) is 29.4 Å². The van der Waals surface area contributed by atoms with E-state index in [9.17, 15) is 9.59 Å². The third-order valence-corrected chi connectivity index (χ3v) is 4.68. The molecule has 1 amide bonds. The van der Waals surface area contributed by atoms with Crippen LogP contribution in [0.1, 0.15) is 52.4 Å². The van der Waals surface area contributed by atoms with E-state index in [2.05, 4.69) is 18.5 Å². The van der Waals surface area contributed by atoms with Gasteiger partial charge in [-0.25, -0.2) is 0 Å². The van der Waals surface area contributed by atoms with E-state index in [4.69, 9.17) is 0 Å². The predicted octanol–water partition coefficient (Wildman–Crippen LogP) is 3.78. The molecule has 0 atom stereocenters. The standard InChI is InChI=1S/C12H14OS.C5H9NO/c1-3-9-10-6-4-5-7-11(10)14-12(9)8(2)13;1-3-5(7)6-4-2/h3H,1,4-7H2,2H3;3H,1,4H2,2H3,(H,6,7). The summed E-state index contributed by atoms with van der Waals surface area (Å²) in [4.78, 5) is 23.9. The van der Waals surface area contributed by atoms with Gasteiger partial charge in [0.25, 0.3) is 0 Å². The van der Waals surface area contributed by atoms with Gasteiger partial charge < -0.3 is 5.32 Å². The second-order valence-corrected chi connectivity index (χ2v) is 5.92. The first-order valence-electron chi connectivity index (χ1n) is 7.23. The van der Waals surface area contributed by atoms with E-state index in [0.717, 1.165) is 23.3 Å². The van der Waals surface area contributed by atoms with E-state index < -0.39 is 0 Å². The Morgan fingerprint density at radius 3 is 2.43 bits per heavy atom. The van der Waals surface area contributed by atoms with Crippen LogP contribution in [0.5, 0.6) is 0 Å². The summed E-state index contributed by atoms with van der Waals surface area (Å²) in [6.07, 6.45) is 7.89. The van der Waals surface area contributed by atoms with Crippen LogP contribution in [0, 0.1) is 0 Å². The van der Waals surface area contributed by atoms with Gasteiger partial charge in [-0.05, 0) is 56.7 Å². The fourth-order valence-corrected chi connectivity index (χ4v) is 3.60. The topological polar surface area (TPSA) is 46.2 Å². The lowest BCUT2D eigenvalue weighted by Gasteiger charge is -2.10. The molecule has 1 aliphatic carbocycles. The highest BCUT2D eigenvalue weighted by molar-refractivity contribution is 7.14. The normalized spacial score (nSPS) is 12.5. The molecule has 0 saturated heterocycles. The summed E-state index contributed by atoms with van der Waals surface area (Å²) < 4.78 is 0. The minimum absolute atomic E-state index is 0.109. The average Bonchev–Trinajstić information content (AvgIpc) is 2.87. The first-order chi connectivity index (χ1) is 10.0. The summed E-state index contributed by atoms with van der Waals surface area (Å²) in [5.74, 6) is 0.0711. The maximum Gasteiger partial charge on any atom is 0.243 e. The molecule has 2 rings (SSSR count). The Balaban J connectivity index is 0.000000270. The van der Waals surface area contributed by atoms with Gasteiger partial charge in [0.1, 0.15) is 0 Å². The molecule has 0 unspecified atom stereocenters. The molecule has 114 valence electrons. The highest BCUT2D eigenvalue weighted by Crippen LogP contribution is 2.35. The van der Waals surface area contributed by atoms with Crippen LogP contribution in [0.4, 0.5) is 0 Å². The molecule has 1 aliphatic rings. The Morgan fingerprint density at radius 2 is 1.95 bits per heavy atom. The van der Waals surface area contributed by atoms with Crippen molar-refractivity contribution in [2.45, 2.75) is 39.5 Å². The molecule has 21 heavy (non-hydrogen) atoms. The SMILES string of the molecule is C=CC(=O)NCC.C=Cc1c(C(C)=O)sc2c1CCCC2. The monoisotopic (exact) mass is 305 g/mol. The minimum Gasteiger partial charge on any atom is -0.353 e. The molecule has 0 spiro atoms. The van der Waals surface area contributed by atoms with Crippen LogP contribution in [-0.2, 0) is 17.6 Å². The Bertz CT molecular complexity index is 543. The van der Waals surface area contributed by atoms with E-state index in [0.29, 0.717) is 6.54 Å². The van der Waals surface area contributed by atoms with Crippen LogP contribution in [0.2, 0.25) is 0 Å². The summed E-state index contributed by atoms with van der Waals surface area (Å²) in [7, 11) is 0. The third kappa shape index (κ3) is 4.67. The number of ketones is 1. The molecule has 0 aliphatic heterocycles. The fourth-order valence-electron chi connectivity index (χ4n) is 2.31. The summed E-state index contributed by atoms with van der Waals surface area (Å²) in [5.41, 5.74) is 2.50. The molecule has 0 fully saturated rings. The summed E-state index contributed by atoms with van der Waals surface area (Å²) in [5, 5.41) is 2.54. The highest BCUT2D eigenvalue weighted by Gasteiger charge is 2.20. The van der Waals surface area contributed by atoms with Gasteiger partial charge in [0.2, 0.25) is 5.91 Å². The van der Waals surface area contributed by atoms with Gasteiger partial charge in [0, 0.05) is 11.4 Å². The first kappa shape index (κ1) is 17.4. The van der Waals surface area contributed by atoms with Crippen molar-refractivity contribution in [2.75, 3.05) is 6.54 Å². The summed E-state index contributed by atoms with van der Waals surface area (Å²) in [6, 6.07) is 0. The number of rotatable bonds is 4. The van der Waals surface area contributed by atoms with Gasteiger partial charge in [0.15, 0.2) is 5.78 Å². The van der Waals surface area contributed by atoms with Gasteiger partial charge in [-0.2, -0.15) is 0 Å². The molecule has 1 N–H and O–H groups in total. The van der Waals surface area contributed by atoms with Crippen molar-refractivity contribution in [1.29, 1.82) is 0 Å². The molecule has 1 heterocycles. The summed E-state index contributed by atoms with van der Waals surface area (Å²) >= 11 is 1.67. The van der Waals surface area contributed by atoms with Crippen LogP contribution < -0.4 is 5.32 Å². The Labute approximate surface area is 130 Å². The molecule has 1 aromatic rings. The van der Waals surface area contributed by atoms with Crippen molar-refractivity contribution in [3.05, 3.63) is 40.1 Å². The molecule has 0 saturated carbocycles. The Hall–Kier alpha value is -1.68. The highest BCUT2D eigenvalue weighted by atomic mass is 32.1. The number of likely N-dealkylation sites (N-methyl/N-ethyl adjacent to an activating group) is 1. The van der Waals surface area contributed by atoms with E-state index >= 15 is 0 Å². The van der Waals surface area contributed by atoms with Crippen molar-refractivity contribution < 1.29 is 9.59 Å². The van der Waals surface area contributed by atoms with Crippen molar-refractivity contribution in [3.8, 4) is 0 Å². The Morgan fingerprint density at radius 1 is 1.29 bits per heavy atom. The molecule has 0 aromatic carbocycles. The van der Waals surface area contributed by atoms with Crippen LogP contribution in [0.25, 0.3) is 6.08 Å². The van der Waals surface area contributed by atoms with Crippen molar-refractivity contribution >= 4 is 29.1 Å². The molecular weight excluding hydrogens is 282 g/mol. The van der Waals surface area contributed by atoms with Gasteiger partial charge in [0.05, 0.1) is 4.88 Å². The molecule has 3 nitrogen and oxygen atoms in total. The maximum absolute atomic E-state index is 11.4. The number of fused-ring (bicyclic) bond motifs is 1. The molecule has 0 bridgehead atoms. The van der Waals surface area contributed by atoms with Crippen LogP contribution in [-0.4, -0.2) is 18.2 Å². The lowest BCUT2D eigenvalue weighted by atomic mass is 9.94. The maximum atomic E-state index is 11.4. The lowest BCUT2D eigenvalue weighted by molar-refractivity contribution is -0.116. The zero-order valence-electron chi connectivity index (χ0n) is 12.8. The van der Waals surface area contributed by atoms with Crippen LogP contribution in [0.15, 0.2) is 19.2 Å². The predicted molar refractivity (Wildman–Crippen MR) is 89.9 cm³/mol. The van der Waals surface area contributed by atoms with Crippen LogP contribution in [0.3, 0.4) is 0 Å². The second-order valence-electron chi connectivity index (χ2n) is 4.81. The number of Topliss-reactive ketones (excluding diaryl/α,β-unsaturated/α-hetero) is 1. The van der Waals surface area contributed by atoms with Gasteiger partial charge in [-0.1, -0.05) is 19.2 Å². The molecule has 4 heteroatoms. The largest absolute Gasteiger partial charge is 0.353 e. The van der Waals surface area contributed by atoms with Gasteiger partial charge in [-0.15, -0.1) is 11.3 Å². The van der Waals surface area contributed by atoms with Crippen molar-refractivity contribution in [2.24, 2.45) is 0 Å². The third-order valence-electron chi connectivity index (χ3n) is 3.27. The number of thiophene rings is 1. The van der Waals surface area contributed by atoms with E-state index in [-0.39, 0.29) is 11.7 Å². The number of hydrogen-bond acceptors (Lipinski definition) is 3. The quantitative estimate of drug-likeness (QED) is 0.679. The fraction of sp³-hybridized carbons (Fsp3) is 0.412. The molecule has 0 radical (unpaired) electrons. The number of carbonyl (C=O) groups excluding carboxylic acids is 2. The van der Waals surface area contributed by atoms with E-state index in [1.54, 1.807) is 18.3 Å². The van der Waals surface area contributed by atoms with Crippen molar-refractivity contribution in [1.82, 2.24) is 5.32 Å². The van der Waals surface area contributed by atoms with Crippen molar-refractivity contribution in [3.63, 3.8) is 0 Å². The van der Waals surface area contributed by atoms with Crippen LogP contribution >= 0.6 is 11.3 Å². The number of hydrogen-bond donors (Lipinski definition) is 1. The van der Waals surface area contributed by atoms with Gasteiger partial charge >= 0.3 is 0 Å².